The fraction of sp³-hybridized carbons (Fsp3) is 0.150. The lowest BCUT2D eigenvalue weighted by Crippen LogP contribution is -2.03. The van der Waals surface area contributed by atoms with E-state index in [4.69, 9.17) is 4.74 Å². The largest absolute Gasteiger partial charge is 0.366 e. The van der Waals surface area contributed by atoms with E-state index in [1.54, 1.807) is 30.9 Å². The predicted molar refractivity (Wildman–Crippen MR) is 98.2 cm³/mol. The van der Waals surface area contributed by atoms with E-state index in [0.717, 1.165) is 34.4 Å². The van der Waals surface area contributed by atoms with E-state index in [0.29, 0.717) is 12.2 Å². The van der Waals surface area contributed by atoms with Crippen LogP contribution in [0.2, 0.25) is 0 Å². The Morgan fingerprint density at radius 1 is 1.23 bits per heavy atom. The predicted octanol–water partition coefficient (Wildman–Crippen LogP) is 3.84. The van der Waals surface area contributed by atoms with Crippen molar-refractivity contribution in [1.82, 2.24) is 19.5 Å². The molecule has 2 aromatic carbocycles. The van der Waals surface area contributed by atoms with Crippen molar-refractivity contribution in [3.63, 3.8) is 0 Å². The number of nitrogens with zero attached hydrogens (tertiary/aromatic N) is 3. The number of aromatic amines is 1. The second-order valence-corrected chi connectivity index (χ2v) is 6.08. The van der Waals surface area contributed by atoms with Crippen LogP contribution in [-0.4, -0.2) is 25.8 Å². The van der Waals surface area contributed by atoms with Crippen LogP contribution in [0.4, 0.5) is 0 Å². The van der Waals surface area contributed by atoms with Crippen LogP contribution < -0.4 is 0 Å². The maximum atomic E-state index is 10.9. The van der Waals surface area contributed by atoms with Gasteiger partial charge >= 0.3 is 0 Å². The zero-order valence-corrected chi connectivity index (χ0v) is 14.3. The number of carbonyl (C=O) groups is 1. The number of ether oxygens (including phenoxy) is 1. The van der Waals surface area contributed by atoms with E-state index in [1.165, 1.54) is 0 Å². The smallest absolute Gasteiger partial charge is 0.150 e. The minimum Gasteiger partial charge on any atom is -0.366 e. The van der Waals surface area contributed by atoms with Crippen LogP contribution >= 0.6 is 0 Å². The Bertz CT molecular complexity index is 1040. The molecule has 2 heterocycles. The normalized spacial score (nSPS) is 12.3. The maximum absolute atomic E-state index is 10.9. The first-order valence-corrected chi connectivity index (χ1v) is 8.37. The van der Waals surface area contributed by atoms with E-state index in [2.05, 4.69) is 21.0 Å². The van der Waals surface area contributed by atoms with Crippen molar-refractivity contribution in [3.8, 4) is 5.69 Å². The van der Waals surface area contributed by atoms with Crippen LogP contribution in [0.1, 0.15) is 34.8 Å². The van der Waals surface area contributed by atoms with Crippen molar-refractivity contribution in [3.05, 3.63) is 78.1 Å². The van der Waals surface area contributed by atoms with E-state index < -0.39 is 0 Å². The van der Waals surface area contributed by atoms with Crippen molar-refractivity contribution in [2.75, 3.05) is 0 Å². The molecule has 0 saturated heterocycles. The minimum atomic E-state index is -0.107. The molecule has 0 bridgehead atoms. The Balaban J connectivity index is 1.57. The van der Waals surface area contributed by atoms with Crippen LogP contribution in [-0.2, 0) is 11.3 Å². The monoisotopic (exact) mass is 346 g/mol. The molecule has 1 unspecified atom stereocenters. The number of rotatable bonds is 6. The highest BCUT2D eigenvalue weighted by Gasteiger charge is 2.09. The average Bonchev–Trinajstić information content (AvgIpc) is 3.35. The maximum Gasteiger partial charge on any atom is 0.150 e. The summed E-state index contributed by atoms with van der Waals surface area (Å²) in [6.45, 7) is 2.45. The second-order valence-electron chi connectivity index (χ2n) is 6.08. The molecule has 0 amide bonds. The molecule has 0 aliphatic heterocycles. The Hall–Kier alpha value is -3.25. The fourth-order valence-corrected chi connectivity index (χ4v) is 2.90. The van der Waals surface area contributed by atoms with Gasteiger partial charge in [-0.15, -0.1) is 0 Å². The van der Waals surface area contributed by atoms with Crippen molar-refractivity contribution in [2.24, 2.45) is 0 Å². The third-order valence-electron chi connectivity index (χ3n) is 4.30. The molecule has 0 spiro atoms. The van der Waals surface area contributed by atoms with E-state index in [9.17, 15) is 4.79 Å². The Labute approximate surface area is 150 Å². The van der Waals surface area contributed by atoms with Gasteiger partial charge in [-0.25, -0.2) is 9.97 Å². The van der Waals surface area contributed by atoms with E-state index in [-0.39, 0.29) is 6.10 Å². The van der Waals surface area contributed by atoms with Crippen molar-refractivity contribution < 1.29 is 9.53 Å². The summed E-state index contributed by atoms with van der Waals surface area (Å²) in [7, 11) is 0. The summed E-state index contributed by atoms with van der Waals surface area (Å²) in [4.78, 5) is 22.6. The Kier molecular flexibility index (Phi) is 4.33. The molecule has 1 atom stereocenters. The van der Waals surface area contributed by atoms with Gasteiger partial charge in [0, 0.05) is 23.6 Å². The van der Waals surface area contributed by atoms with E-state index >= 15 is 0 Å². The van der Waals surface area contributed by atoms with Crippen LogP contribution in [0.25, 0.3) is 16.7 Å². The quantitative estimate of drug-likeness (QED) is 0.538. The number of carbonyl (C=O) groups excluding carboxylic acids is 1. The lowest BCUT2D eigenvalue weighted by molar-refractivity contribution is 0.0473. The van der Waals surface area contributed by atoms with Gasteiger partial charge in [0.15, 0.2) is 0 Å². The second kappa shape index (κ2) is 6.93. The third-order valence-corrected chi connectivity index (χ3v) is 4.30. The lowest BCUT2D eigenvalue weighted by Gasteiger charge is -2.12. The number of hydrogen-bond donors (Lipinski definition) is 1. The molecule has 0 aliphatic rings. The Morgan fingerprint density at radius 2 is 2.15 bits per heavy atom. The summed E-state index contributed by atoms with van der Waals surface area (Å²) in [5.74, 6) is 0.813. The summed E-state index contributed by atoms with van der Waals surface area (Å²) in [6.07, 6.45) is 6.00. The molecule has 2 aromatic heterocycles. The standard InChI is InChI=1S/C20H18N4O2/c1-14(20-21-7-8-22-20)26-12-16-3-2-4-17(9-16)24-13-23-18-10-15(11-25)5-6-19(18)24/h2-11,13-14H,12H2,1H3,(H,21,22). The molecular formula is C20H18N4O2. The summed E-state index contributed by atoms with van der Waals surface area (Å²) in [5, 5.41) is 0. The molecule has 6 heteroatoms. The van der Waals surface area contributed by atoms with Crippen LogP contribution in [0.5, 0.6) is 0 Å². The van der Waals surface area contributed by atoms with Crippen LogP contribution in [0, 0.1) is 0 Å². The highest BCUT2D eigenvalue weighted by Crippen LogP contribution is 2.21. The summed E-state index contributed by atoms with van der Waals surface area (Å²) >= 11 is 0. The molecule has 26 heavy (non-hydrogen) atoms. The molecule has 4 aromatic rings. The average molecular weight is 346 g/mol. The number of aromatic nitrogens is 4. The lowest BCUT2D eigenvalue weighted by atomic mass is 10.2. The molecule has 0 fully saturated rings. The van der Waals surface area contributed by atoms with Gasteiger partial charge in [-0.1, -0.05) is 12.1 Å². The molecule has 0 radical (unpaired) electrons. The summed E-state index contributed by atoms with van der Waals surface area (Å²) in [6, 6.07) is 13.6. The molecule has 4 rings (SSSR count). The Morgan fingerprint density at radius 3 is 2.96 bits per heavy atom. The first-order valence-electron chi connectivity index (χ1n) is 8.37. The topological polar surface area (TPSA) is 72.8 Å². The minimum absolute atomic E-state index is 0.107. The zero-order valence-electron chi connectivity index (χ0n) is 14.3. The van der Waals surface area contributed by atoms with Gasteiger partial charge in [0.05, 0.1) is 17.6 Å². The van der Waals surface area contributed by atoms with Gasteiger partial charge in [0.25, 0.3) is 0 Å². The van der Waals surface area contributed by atoms with Crippen molar-refractivity contribution in [1.29, 1.82) is 0 Å². The molecular weight excluding hydrogens is 328 g/mol. The number of fused-ring (bicyclic) bond motifs is 1. The third kappa shape index (κ3) is 3.14. The van der Waals surface area contributed by atoms with Gasteiger partial charge in [-0.2, -0.15) is 0 Å². The van der Waals surface area contributed by atoms with Gasteiger partial charge < -0.3 is 9.72 Å². The first-order chi connectivity index (χ1) is 12.7. The van der Waals surface area contributed by atoms with Gasteiger partial charge in [0.2, 0.25) is 0 Å². The highest BCUT2D eigenvalue weighted by atomic mass is 16.5. The van der Waals surface area contributed by atoms with Crippen molar-refractivity contribution >= 4 is 17.3 Å². The van der Waals surface area contributed by atoms with E-state index in [1.807, 2.05) is 35.8 Å². The van der Waals surface area contributed by atoms with Crippen LogP contribution in [0.15, 0.2) is 61.2 Å². The van der Waals surface area contributed by atoms with Gasteiger partial charge in [0.1, 0.15) is 24.5 Å². The van der Waals surface area contributed by atoms with Crippen molar-refractivity contribution in [2.45, 2.75) is 19.6 Å². The molecule has 130 valence electrons. The fourth-order valence-electron chi connectivity index (χ4n) is 2.90. The number of benzene rings is 2. The molecule has 0 saturated carbocycles. The SMILES string of the molecule is CC(OCc1cccc(-n2cnc3cc(C=O)ccc32)c1)c1ncc[nH]1. The number of nitrogens with one attached hydrogen (secondary N) is 1. The summed E-state index contributed by atoms with van der Waals surface area (Å²) in [5.41, 5.74) is 4.43. The van der Waals surface area contributed by atoms with Gasteiger partial charge in [-0.3, -0.25) is 9.36 Å². The first kappa shape index (κ1) is 16.2. The molecule has 6 nitrogen and oxygen atoms in total. The number of hydrogen-bond acceptors (Lipinski definition) is 4. The molecule has 1 N–H and O–H groups in total. The van der Waals surface area contributed by atoms with Crippen LogP contribution in [0.3, 0.4) is 0 Å². The number of imidazole rings is 2. The highest BCUT2D eigenvalue weighted by molar-refractivity contribution is 5.85. The summed E-state index contributed by atoms with van der Waals surface area (Å²) < 4.78 is 7.91. The van der Waals surface area contributed by atoms with Gasteiger partial charge in [-0.05, 0) is 42.8 Å². The number of H-pyrrole nitrogens is 1. The molecule has 0 aliphatic carbocycles. The number of aldehydes is 1. The zero-order chi connectivity index (χ0) is 17.9.